The smallest absolute Gasteiger partial charge is 0.322 e. The van der Waals surface area contributed by atoms with E-state index >= 15 is 0 Å². The molecule has 9 heteroatoms. The van der Waals surface area contributed by atoms with Gasteiger partial charge in [0.1, 0.15) is 18.0 Å². The van der Waals surface area contributed by atoms with Crippen molar-refractivity contribution in [1.82, 2.24) is 10.3 Å². The van der Waals surface area contributed by atoms with E-state index in [4.69, 9.17) is 18.9 Å². The number of aliphatic hydroxyl groups is 1. The monoisotopic (exact) mass is 488 g/mol. The third kappa shape index (κ3) is 9.64. The maximum atomic E-state index is 13.1. The van der Waals surface area contributed by atoms with Gasteiger partial charge in [-0.3, -0.25) is 19.9 Å². The van der Waals surface area contributed by atoms with Crippen LogP contribution in [-0.4, -0.2) is 46.8 Å². The normalized spacial score (nSPS) is 14.5. The van der Waals surface area contributed by atoms with Gasteiger partial charge in [0.2, 0.25) is 6.41 Å². The van der Waals surface area contributed by atoms with Crippen molar-refractivity contribution < 1.29 is 33.6 Å². The molecule has 0 amide bonds. The number of nitrogens with zero attached hydrogens (tertiary/aromatic N) is 1. The quantitative estimate of drug-likeness (QED) is 0.294. The fourth-order valence-electron chi connectivity index (χ4n) is 3.19. The first-order valence-corrected chi connectivity index (χ1v) is 11.3. The number of ether oxygens (including phenoxy) is 4. The largest absolute Gasteiger partial charge is 0.487 e. The van der Waals surface area contributed by atoms with Crippen molar-refractivity contribution in [1.29, 1.82) is 0 Å². The lowest BCUT2D eigenvalue weighted by molar-refractivity contribution is -0.192. The van der Waals surface area contributed by atoms with Crippen molar-refractivity contribution in [3.8, 4) is 5.75 Å². The van der Waals surface area contributed by atoms with Crippen LogP contribution in [0.15, 0.2) is 48.8 Å². The predicted molar refractivity (Wildman–Crippen MR) is 129 cm³/mol. The number of nitrogens with one attached hydrogen (secondary N) is 1. The van der Waals surface area contributed by atoms with E-state index in [1.54, 1.807) is 47.6 Å². The van der Waals surface area contributed by atoms with Crippen molar-refractivity contribution in [3.63, 3.8) is 0 Å². The van der Waals surface area contributed by atoms with Crippen LogP contribution in [0.4, 0.5) is 0 Å². The van der Waals surface area contributed by atoms with Crippen LogP contribution >= 0.6 is 0 Å². The van der Waals surface area contributed by atoms with Gasteiger partial charge in [0.15, 0.2) is 5.92 Å². The number of carbonyl (C=O) groups is 2. The van der Waals surface area contributed by atoms with Crippen LogP contribution in [0.5, 0.6) is 5.75 Å². The molecule has 3 atom stereocenters. The van der Waals surface area contributed by atoms with Gasteiger partial charge in [0, 0.05) is 6.20 Å². The van der Waals surface area contributed by atoms with E-state index in [2.05, 4.69) is 10.3 Å². The van der Waals surface area contributed by atoms with Crippen molar-refractivity contribution in [2.45, 2.75) is 71.8 Å². The van der Waals surface area contributed by atoms with Gasteiger partial charge in [-0.15, -0.1) is 0 Å². The molecule has 0 aliphatic heterocycles. The minimum atomic E-state index is -1.51. The van der Waals surface area contributed by atoms with Crippen LogP contribution in [0.2, 0.25) is 0 Å². The van der Waals surface area contributed by atoms with Gasteiger partial charge in [0.25, 0.3) is 0 Å². The Morgan fingerprint density at radius 1 is 1.00 bits per heavy atom. The summed E-state index contributed by atoms with van der Waals surface area (Å²) >= 11 is 0. The second-order valence-corrected chi connectivity index (χ2v) is 9.99. The Balaban J connectivity index is 2.41. The molecule has 1 aromatic heterocycles. The van der Waals surface area contributed by atoms with E-state index in [0.717, 1.165) is 5.56 Å². The molecular formula is C26H36N2O7. The van der Waals surface area contributed by atoms with E-state index in [9.17, 15) is 14.7 Å². The first kappa shape index (κ1) is 28.2. The number of pyridine rings is 1. The van der Waals surface area contributed by atoms with Crippen molar-refractivity contribution in [3.05, 3.63) is 59.9 Å². The third-order valence-electron chi connectivity index (χ3n) is 4.58. The lowest BCUT2D eigenvalue weighted by Gasteiger charge is -2.32. The molecule has 0 bridgehead atoms. The average molecular weight is 489 g/mol. The number of hydrogen-bond acceptors (Lipinski definition) is 9. The van der Waals surface area contributed by atoms with Crippen LogP contribution in [0.1, 0.15) is 58.7 Å². The highest BCUT2D eigenvalue weighted by Crippen LogP contribution is 2.29. The predicted octanol–water partition coefficient (Wildman–Crippen LogP) is 3.51. The fourth-order valence-corrected chi connectivity index (χ4v) is 3.19. The maximum absolute atomic E-state index is 13.1. The lowest BCUT2D eigenvalue weighted by atomic mass is 9.93. The van der Waals surface area contributed by atoms with Gasteiger partial charge >= 0.3 is 11.9 Å². The minimum Gasteiger partial charge on any atom is -0.487 e. The Kier molecular flexibility index (Phi) is 9.76. The van der Waals surface area contributed by atoms with Crippen LogP contribution < -0.4 is 10.1 Å². The summed E-state index contributed by atoms with van der Waals surface area (Å²) < 4.78 is 21.8. The second kappa shape index (κ2) is 12.1. The highest BCUT2D eigenvalue weighted by atomic mass is 16.6. The number of aromatic nitrogens is 1. The number of benzene rings is 1. The maximum Gasteiger partial charge on any atom is 0.322 e. The molecule has 9 nitrogen and oxygen atoms in total. The number of esters is 2. The zero-order valence-corrected chi connectivity index (χ0v) is 21.4. The number of methoxy groups -OCH3 is 1. The van der Waals surface area contributed by atoms with Crippen LogP contribution in [0, 0.1) is 5.92 Å². The summed E-state index contributed by atoms with van der Waals surface area (Å²) in [5.41, 5.74) is -0.202. The summed E-state index contributed by atoms with van der Waals surface area (Å²) in [5.74, 6) is -2.70. The van der Waals surface area contributed by atoms with Gasteiger partial charge in [-0.25, -0.2) is 0 Å². The zero-order valence-electron chi connectivity index (χ0n) is 21.4. The Bertz CT molecular complexity index is 968. The molecule has 0 aliphatic rings. The molecule has 0 radical (unpaired) electrons. The van der Waals surface area contributed by atoms with Gasteiger partial charge in [-0.1, -0.05) is 30.3 Å². The molecular weight excluding hydrogens is 452 g/mol. The van der Waals surface area contributed by atoms with E-state index in [1.165, 1.54) is 19.5 Å². The highest BCUT2D eigenvalue weighted by Gasteiger charge is 2.41. The topological polar surface area (TPSA) is 116 Å². The van der Waals surface area contributed by atoms with E-state index in [0.29, 0.717) is 17.9 Å². The molecule has 192 valence electrons. The fraction of sp³-hybridized carbons (Fsp3) is 0.500. The second-order valence-electron chi connectivity index (χ2n) is 9.99. The molecule has 2 rings (SSSR count). The molecule has 0 saturated carbocycles. The summed E-state index contributed by atoms with van der Waals surface area (Å²) in [6, 6.07) is 10.1. The summed E-state index contributed by atoms with van der Waals surface area (Å²) in [6.45, 7) is 10.7. The van der Waals surface area contributed by atoms with E-state index in [-0.39, 0.29) is 0 Å². The zero-order chi connectivity index (χ0) is 26.2. The molecule has 0 aliphatic carbocycles. The van der Waals surface area contributed by atoms with E-state index < -0.39 is 41.5 Å². The summed E-state index contributed by atoms with van der Waals surface area (Å²) in [7, 11) is 1.18. The standard InChI is InChI=1S/C26H36N2O7/c1-25(2,3)34-23(30)20(22(29)32-7)21(28-24(31)35-26(4,5)6)18-13-19(15-27-14-18)33-16-17-11-9-8-10-12-17/h8-15,20-21,24,28,31H,16H2,1-7H3/t20?,21-,24?/m1/s1. The number of aliphatic hydroxyl groups excluding tert-OH is 1. The van der Waals surface area contributed by atoms with Gasteiger partial charge in [-0.2, -0.15) is 0 Å². The van der Waals surface area contributed by atoms with E-state index in [1.807, 2.05) is 30.3 Å². The molecule has 1 heterocycles. The summed E-state index contributed by atoms with van der Waals surface area (Å²) in [6.07, 6.45) is 1.48. The molecule has 2 aromatic rings. The van der Waals surface area contributed by atoms with Crippen LogP contribution in [-0.2, 0) is 30.4 Å². The van der Waals surface area contributed by atoms with Crippen LogP contribution in [0.3, 0.4) is 0 Å². The first-order valence-electron chi connectivity index (χ1n) is 11.3. The molecule has 2 unspecified atom stereocenters. The van der Waals surface area contributed by atoms with Crippen molar-refractivity contribution >= 4 is 11.9 Å². The Hall–Kier alpha value is -3.01. The lowest BCUT2D eigenvalue weighted by Crippen LogP contribution is -2.47. The van der Waals surface area contributed by atoms with Crippen molar-refractivity contribution in [2.24, 2.45) is 5.92 Å². The molecule has 0 spiro atoms. The van der Waals surface area contributed by atoms with Crippen molar-refractivity contribution in [2.75, 3.05) is 7.11 Å². The third-order valence-corrected chi connectivity index (χ3v) is 4.58. The molecule has 0 saturated heterocycles. The van der Waals surface area contributed by atoms with Gasteiger partial charge in [0.05, 0.1) is 24.9 Å². The number of carbonyl (C=O) groups excluding carboxylic acids is 2. The number of hydrogen-bond donors (Lipinski definition) is 2. The Labute approximate surface area is 206 Å². The van der Waals surface area contributed by atoms with Gasteiger partial charge in [-0.05, 0) is 58.7 Å². The SMILES string of the molecule is COC(=O)C(C(=O)OC(C)(C)C)[C@H](NC(O)OC(C)(C)C)c1cncc(OCc2ccccc2)c1. The molecule has 35 heavy (non-hydrogen) atoms. The summed E-state index contributed by atoms with van der Waals surface area (Å²) in [4.78, 5) is 30.1. The minimum absolute atomic E-state index is 0.298. The average Bonchev–Trinajstić information content (AvgIpc) is 2.75. The van der Waals surface area contributed by atoms with Gasteiger partial charge < -0.3 is 24.1 Å². The Morgan fingerprint density at radius 2 is 1.66 bits per heavy atom. The Morgan fingerprint density at radius 3 is 2.23 bits per heavy atom. The molecule has 0 fully saturated rings. The highest BCUT2D eigenvalue weighted by molar-refractivity contribution is 5.96. The van der Waals surface area contributed by atoms with Crippen LogP contribution in [0.25, 0.3) is 0 Å². The molecule has 1 aromatic carbocycles. The first-order chi connectivity index (χ1) is 16.3. The number of rotatable bonds is 10. The molecule has 2 N–H and O–H groups in total. The summed E-state index contributed by atoms with van der Waals surface area (Å²) in [5, 5.41) is 13.4.